The molecule has 31 heavy (non-hydrogen) atoms. The maximum absolute atomic E-state index is 11.8. The van der Waals surface area contributed by atoms with Crippen LogP contribution in [0, 0.1) is 6.92 Å². The van der Waals surface area contributed by atoms with Crippen molar-refractivity contribution in [3.8, 4) is 0 Å². The van der Waals surface area contributed by atoms with Gasteiger partial charge in [0, 0.05) is 71.5 Å². The molecule has 0 aliphatic carbocycles. The van der Waals surface area contributed by atoms with Crippen molar-refractivity contribution in [3.05, 3.63) is 47.8 Å². The molecule has 0 spiro atoms. The summed E-state index contributed by atoms with van der Waals surface area (Å²) in [4.78, 5) is 17.9. The van der Waals surface area contributed by atoms with E-state index in [2.05, 4.69) is 35.4 Å². The summed E-state index contributed by atoms with van der Waals surface area (Å²) in [6.07, 6.45) is 4.78. The first-order valence-electron chi connectivity index (χ1n) is 10.4. The Kier molecular flexibility index (Phi) is 7.80. The van der Waals surface area contributed by atoms with Crippen LogP contribution in [0.3, 0.4) is 0 Å². The summed E-state index contributed by atoms with van der Waals surface area (Å²) in [5, 5.41) is 6.63. The van der Waals surface area contributed by atoms with Crippen molar-refractivity contribution in [2.24, 2.45) is 4.99 Å². The average Bonchev–Trinajstić information content (AvgIpc) is 2.76. The predicted octanol–water partition coefficient (Wildman–Crippen LogP) is 0.676. The molecule has 168 valence electrons. The Balaban J connectivity index is 1.40. The Bertz CT molecular complexity index is 988. The second-order valence-electron chi connectivity index (χ2n) is 7.60. The van der Waals surface area contributed by atoms with E-state index in [9.17, 15) is 8.42 Å². The average molecular weight is 446 g/mol. The Morgan fingerprint density at radius 2 is 1.84 bits per heavy atom. The third kappa shape index (κ3) is 6.63. The van der Waals surface area contributed by atoms with Crippen LogP contribution in [0.15, 0.2) is 46.5 Å². The fraction of sp³-hybridized carbons (Fsp3) is 0.476. The monoisotopic (exact) mass is 445 g/mol. The Labute approximate surface area is 184 Å². The lowest BCUT2D eigenvalue weighted by atomic mass is 10.1. The molecule has 9 nitrogen and oxygen atoms in total. The zero-order chi connectivity index (χ0) is 22.3. The molecule has 2 N–H and O–H groups in total. The number of aromatic nitrogens is 2. The number of nitrogens with zero attached hydrogens (tertiary/aromatic N) is 5. The van der Waals surface area contributed by atoms with Crippen LogP contribution in [0.5, 0.6) is 0 Å². The van der Waals surface area contributed by atoms with Crippen LogP contribution in [0.2, 0.25) is 0 Å². The first-order chi connectivity index (χ1) is 14.9. The number of piperazine rings is 1. The molecule has 0 unspecified atom stereocenters. The highest BCUT2D eigenvalue weighted by atomic mass is 32.2. The van der Waals surface area contributed by atoms with Crippen LogP contribution >= 0.6 is 0 Å². The molecule has 1 aliphatic heterocycles. The minimum atomic E-state index is -3.20. The number of hydrogen-bond acceptors (Lipinski definition) is 7. The maximum atomic E-state index is 11.8. The fourth-order valence-corrected chi connectivity index (χ4v) is 4.56. The minimum Gasteiger partial charge on any atom is -0.355 e. The smallest absolute Gasteiger partial charge is 0.225 e. The lowest BCUT2D eigenvalue weighted by Gasteiger charge is -2.34. The van der Waals surface area contributed by atoms with Crippen LogP contribution in [0.1, 0.15) is 11.1 Å². The third-order valence-corrected chi connectivity index (χ3v) is 6.51. The largest absolute Gasteiger partial charge is 0.355 e. The van der Waals surface area contributed by atoms with Crippen molar-refractivity contribution in [2.75, 3.05) is 57.5 Å². The van der Waals surface area contributed by atoms with E-state index in [4.69, 9.17) is 0 Å². The Morgan fingerprint density at radius 3 is 2.45 bits per heavy atom. The molecule has 2 heterocycles. The number of rotatable bonds is 7. The lowest BCUT2D eigenvalue weighted by Crippen LogP contribution is -2.49. The van der Waals surface area contributed by atoms with E-state index < -0.39 is 9.84 Å². The number of benzene rings is 1. The number of nitrogens with one attached hydrogen (secondary N) is 2. The lowest BCUT2D eigenvalue weighted by molar-refractivity contribution is 0.260. The zero-order valence-corrected chi connectivity index (χ0v) is 19.2. The summed E-state index contributed by atoms with van der Waals surface area (Å²) >= 11 is 0. The zero-order valence-electron chi connectivity index (χ0n) is 18.4. The molecule has 1 fully saturated rings. The number of anilines is 1. The molecule has 0 atom stereocenters. The van der Waals surface area contributed by atoms with E-state index in [0.29, 0.717) is 11.4 Å². The summed E-state index contributed by atoms with van der Waals surface area (Å²) in [6.45, 7) is 7.87. The highest BCUT2D eigenvalue weighted by Gasteiger charge is 2.18. The van der Waals surface area contributed by atoms with Gasteiger partial charge in [0.15, 0.2) is 15.8 Å². The highest BCUT2D eigenvalue weighted by Crippen LogP contribution is 2.16. The molecule has 1 aromatic heterocycles. The van der Waals surface area contributed by atoms with E-state index in [1.807, 2.05) is 25.1 Å². The third-order valence-electron chi connectivity index (χ3n) is 5.25. The number of hydrogen-bond donors (Lipinski definition) is 2. The summed E-state index contributed by atoms with van der Waals surface area (Å²) in [6, 6.07) is 7.22. The molecule has 2 aromatic rings. The molecular weight excluding hydrogens is 414 g/mol. The Morgan fingerprint density at radius 1 is 1.13 bits per heavy atom. The van der Waals surface area contributed by atoms with Gasteiger partial charge in [-0.3, -0.25) is 9.89 Å². The van der Waals surface area contributed by atoms with Crippen LogP contribution in [-0.2, 0) is 16.4 Å². The van der Waals surface area contributed by atoms with E-state index in [0.717, 1.165) is 62.3 Å². The van der Waals surface area contributed by atoms with Crippen LogP contribution in [0.25, 0.3) is 0 Å². The highest BCUT2D eigenvalue weighted by molar-refractivity contribution is 7.90. The van der Waals surface area contributed by atoms with Gasteiger partial charge < -0.3 is 15.5 Å². The Hall–Kier alpha value is -2.72. The molecule has 0 saturated carbocycles. The van der Waals surface area contributed by atoms with Gasteiger partial charge in [-0.15, -0.1) is 0 Å². The second-order valence-corrected chi connectivity index (χ2v) is 9.59. The van der Waals surface area contributed by atoms with Gasteiger partial charge in [-0.1, -0.05) is 12.1 Å². The summed E-state index contributed by atoms with van der Waals surface area (Å²) in [5.41, 5.74) is 1.76. The van der Waals surface area contributed by atoms with E-state index >= 15 is 0 Å². The van der Waals surface area contributed by atoms with E-state index in [-0.39, 0.29) is 0 Å². The topological polar surface area (TPSA) is 103 Å². The molecule has 0 bridgehead atoms. The van der Waals surface area contributed by atoms with Crippen LogP contribution in [-0.4, -0.2) is 81.8 Å². The van der Waals surface area contributed by atoms with Crippen molar-refractivity contribution in [3.63, 3.8) is 0 Å². The number of sulfone groups is 1. The molecule has 10 heteroatoms. The summed E-state index contributed by atoms with van der Waals surface area (Å²) in [5.74, 6) is 1.52. The number of guanidine groups is 1. The second kappa shape index (κ2) is 10.5. The fourth-order valence-electron chi connectivity index (χ4n) is 3.60. The van der Waals surface area contributed by atoms with Gasteiger partial charge in [0.05, 0.1) is 4.90 Å². The van der Waals surface area contributed by atoms with Gasteiger partial charge in [-0.05, 0) is 30.2 Å². The van der Waals surface area contributed by atoms with Gasteiger partial charge in [-0.25, -0.2) is 18.4 Å². The van der Waals surface area contributed by atoms with Gasteiger partial charge in [-0.2, -0.15) is 0 Å². The van der Waals surface area contributed by atoms with Crippen molar-refractivity contribution in [1.29, 1.82) is 0 Å². The normalized spacial score (nSPS) is 15.7. The summed E-state index contributed by atoms with van der Waals surface area (Å²) < 4.78 is 23.5. The van der Waals surface area contributed by atoms with Gasteiger partial charge in [0.2, 0.25) is 5.95 Å². The molecular formula is C21H31N7O2S. The number of aliphatic imine (C=N–C) groups is 1. The van der Waals surface area contributed by atoms with Crippen molar-refractivity contribution < 1.29 is 8.42 Å². The van der Waals surface area contributed by atoms with Gasteiger partial charge >= 0.3 is 0 Å². The van der Waals surface area contributed by atoms with Crippen molar-refractivity contribution in [2.45, 2.75) is 18.4 Å². The van der Waals surface area contributed by atoms with E-state index in [1.165, 1.54) is 6.26 Å². The van der Waals surface area contributed by atoms with Gasteiger partial charge in [0.1, 0.15) is 0 Å². The standard InChI is InChI=1S/C21H31N7O2S/c1-17-15-18(5-6-19(17)31(3,29)30)16-26-20(22-2)23-9-10-27-11-13-28(14-12-27)21-24-7-4-8-25-21/h4-8,15H,9-14,16H2,1-3H3,(H2,22,23,26). The maximum Gasteiger partial charge on any atom is 0.225 e. The van der Waals surface area contributed by atoms with Crippen LogP contribution < -0.4 is 15.5 Å². The predicted molar refractivity (Wildman–Crippen MR) is 123 cm³/mol. The quantitative estimate of drug-likeness (QED) is 0.474. The molecule has 0 amide bonds. The van der Waals surface area contributed by atoms with Gasteiger partial charge in [0.25, 0.3) is 0 Å². The SMILES string of the molecule is CN=C(NCCN1CCN(c2ncccn2)CC1)NCc1ccc(S(C)(=O)=O)c(C)c1. The van der Waals surface area contributed by atoms with Crippen LogP contribution in [0.4, 0.5) is 5.95 Å². The first kappa shape index (κ1) is 23.0. The first-order valence-corrected chi connectivity index (χ1v) is 12.2. The van der Waals surface area contributed by atoms with Crippen molar-refractivity contribution in [1.82, 2.24) is 25.5 Å². The van der Waals surface area contributed by atoms with Crippen molar-refractivity contribution >= 4 is 21.7 Å². The molecule has 1 saturated heterocycles. The molecule has 0 radical (unpaired) electrons. The van der Waals surface area contributed by atoms with E-state index in [1.54, 1.807) is 25.5 Å². The number of aryl methyl sites for hydroxylation is 1. The summed E-state index contributed by atoms with van der Waals surface area (Å²) in [7, 11) is -1.46. The molecule has 1 aliphatic rings. The minimum absolute atomic E-state index is 0.373. The molecule has 1 aromatic carbocycles. The molecule has 3 rings (SSSR count).